The molecule has 1 aliphatic rings. The van der Waals surface area contributed by atoms with Crippen molar-refractivity contribution in [3.05, 3.63) is 28.3 Å². The Morgan fingerprint density at radius 2 is 2.05 bits per heavy atom. The summed E-state index contributed by atoms with van der Waals surface area (Å²) in [6.07, 6.45) is 1.93. The fraction of sp³-hybridized carbons (Fsp3) is 0.538. The monoisotopic (exact) mass is 313 g/mol. The predicted molar refractivity (Wildman–Crippen MR) is 79.2 cm³/mol. The van der Waals surface area contributed by atoms with E-state index in [9.17, 15) is 18.5 Å². The molecule has 0 aromatic heterocycles. The van der Waals surface area contributed by atoms with Crippen molar-refractivity contribution in [1.82, 2.24) is 4.72 Å². The second kappa shape index (κ2) is 5.27. The molecule has 1 fully saturated rings. The van der Waals surface area contributed by atoms with Crippen LogP contribution < -0.4 is 10.5 Å². The lowest BCUT2D eigenvalue weighted by Crippen LogP contribution is -2.33. The maximum absolute atomic E-state index is 12.3. The fourth-order valence-corrected chi connectivity index (χ4v) is 3.72. The highest BCUT2D eigenvalue weighted by Gasteiger charge is 2.46. The number of nitrogens with one attached hydrogen (secondary N) is 1. The molecule has 21 heavy (non-hydrogen) atoms. The van der Waals surface area contributed by atoms with Gasteiger partial charge in [-0.25, -0.2) is 13.1 Å². The third-order valence-electron chi connectivity index (χ3n) is 4.23. The van der Waals surface area contributed by atoms with Gasteiger partial charge in [-0.15, -0.1) is 0 Å². The van der Waals surface area contributed by atoms with E-state index in [2.05, 4.69) is 4.72 Å². The minimum Gasteiger partial charge on any atom is -0.393 e. The van der Waals surface area contributed by atoms with Crippen LogP contribution in [0.1, 0.15) is 26.7 Å². The number of anilines is 1. The smallest absolute Gasteiger partial charge is 0.312 e. The lowest BCUT2D eigenvalue weighted by Gasteiger charge is -2.20. The van der Waals surface area contributed by atoms with Crippen LogP contribution in [0, 0.1) is 21.4 Å². The molecule has 0 amide bonds. The molecular formula is C13H19N3O4S. The van der Waals surface area contributed by atoms with E-state index in [4.69, 9.17) is 5.73 Å². The lowest BCUT2D eigenvalue weighted by atomic mass is 9.93. The van der Waals surface area contributed by atoms with E-state index in [-0.39, 0.29) is 16.0 Å². The Morgan fingerprint density at radius 3 is 2.52 bits per heavy atom. The van der Waals surface area contributed by atoms with Gasteiger partial charge in [-0.1, -0.05) is 19.9 Å². The number of para-hydroxylation sites is 1. The fourth-order valence-electron chi connectivity index (χ4n) is 2.39. The van der Waals surface area contributed by atoms with E-state index in [1.807, 2.05) is 13.8 Å². The zero-order chi connectivity index (χ0) is 15.8. The maximum Gasteiger partial charge on any atom is 0.312 e. The zero-order valence-electron chi connectivity index (χ0n) is 12.0. The molecule has 2 rings (SSSR count). The number of nitrogen functional groups attached to an aromatic ring is 1. The molecular weight excluding hydrogens is 294 g/mol. The topological polar surface area (TPSA) is 115 Å². The van der Waals surface area contributed by atoms with Crippen LogP contribution in [0.3, 0.4) is 0 Å². The van der Waals surface area contributed by atoms with Gasteiger partial charge in [0.2, 0.25) is 10.0 Å². The van der Waals surface area contributed by atoms with Gasteiger partial charge in [-0.2, -0.15) is 0 Å². The molecule has 0 atom stereocenters. The molecule has 0 unspecified atom stereocenters. The molecule has 0 saturated heterocycles. The highest BCUT2D eigenvalue weighted by atomic mass is 32.2. The summed E-state index contributed by atoms with van der Waals surface area (Å²) < 4.78 is 27.2. The summed E-state index contributed by atoms with van der Waals surface area (Å²) in [4.78, 5) is 9.90. The molecule has 1 saturated carbocycles. The average Bonchev–Trinajstić information content (AvgIpc) is 3.17. The minimum absolute atomic E-state index is 0.0256. The van der Waals surface area contributed by atoms with Crippen molar-refractivity contribution >= 4 is 21.4 Å². The maximum atomic E-state index is 12.3. The van der Waals surface area contributed by atoms with Crippen molar-refractivity contribution in [2.45, 2.75) is 31.6 Å². The summed E-state index contributed by atoms with van der Waals surface area (Å²) in [5.41, 5.74) is 4.77. The number of nitro groups is 1. The molecule has 0 bridgehead atoms. The SMILES string of the molecule is CC(C)C1(CNS(=O)(=O)c2cccc(N)c2[N+](=O)[O-])CC1. The molecule has 8 heteroatoms. The number of nitrogens with two attached hydrogens (primary N) is 1. The summed E-state index contributed by atoms with van der Waals surface area (Å²) in [7, 11) is -3.96. The number of sulfonamides is 1. The Kier molecular flexibility index (Phi) is 3.94. The van der Waals surface area contributed by atoms with Gasteiger partial charge in [0.05, 0.1) is 4.92 Å². The quantitative estimate of drug-likeness (QED) is 0.472. The predicted octanol–water partition coefficient (Wildman–Crippen LogP) is 1.89. The van der Waals surface area contributed by atoms with Crippen LogP contribution in [-0.4, -0.2) is 19.9 Å². The molecule has 7 nitrogen and oxygen atoms in total. The Labute approximate surface area is 123 Å². The van der Waals surface area contributed by atoms with Crippen LogP contribution in [0.15, 0.2) is 23.1 Å². The molecule has 1 aromatic carbocycles. The van der Waals surface area contributed by atoms with E-state index in [0.717, 1.165) is 12.8 Å². The number of hydrogen-bond donors (Lipinski definition) is 2. The standard InChI is InChI=1S/C13H19N3O4S/c1-9(2)13(6-7-13)8-15-21(19,20)11-5-3-4-10(14)12(11)16(17)18/h3-5,9,15H,6-8,14H2,1-2H3. The number of nitro benzene ring substituents is 1. The Hall–Kier alpha value is -1.67. The van der Waals surface area contributed by atoms with Crippen molar-refractivity contribution in [3.63, 3.8) is 0 Å². The molecule has 116 valence electrons. The molecule has 3 N–H and O–H groups in total. The van der Waals surface area contributed by atoms with E-state index >= 15 is 0 Å². The summed E-state index contributed by atoms with van der Waals surface area (Å²) in [6.45, 7) is 4.38. The third-order valence-corrected chi connectivity index (χ3v) is 5.67. The van der Waals surface area contributed by atoms with Crippen LogP contribution in [0.4, 0.5) is 11.4 Å². The summed E-state index contributed by atoms with van der Waals surface area (Å²) in [5.74, 6) is 0.357. The molecule has 0 radical (unpaired) electrons. The number of benzene rings is 1. The lowest BCUT2D eigenvalue weighted by molar-refractivity contribution is -0.386. The molecule has 1 aliphatic carbocycles. The second-order valence-corrected chi connectivity index (χ2v) is 7.53. The van der Waals surface area contributed by atoms with Gasteiger partial charge in [0.1, 0.15) is 5.69 Å². The molecule has 0 heterocycles. The van der Waals surface area contributed by atoms with Gasteiger partial charge in [0.15, 0.2) is 4.90 Å². The van der Waals surface area contributed by atoms with Crippen molar-refractivity contribution in [2.24, 2.45) is 11.3 Å². The summed E-state index contributed by atoms with van der Waals surface area (Å²) >= 11 is 0. The largest absolute Gasteiger partial charge is 0.393 e. The van der Waals surface area contributed by atoms with E-state index in [1.165, 1.54) is 18.2 Å². The first-order valence-corrected chi connectivity index (χ1v) is 8.20. The number of hydrogen-bond acceptors (Lipinski definition) is 5. The van der Waals surface area contributed by atoms with Crippen LogP contribution in [0.5, 0.6) is 0 Å². The van der Waals surface area contributed by atoms with Gasteiger partial charge in [0, 0.05) is 6.54 Å². The molecule has 0 aliphatic heterocycles. The van der Waals surface area contributed by atoms with Crippen molar-refractivity contribution < 1.29 is 13.3 Å². The van der Waals surface area contributed by atoms with Crippen molar-refractivity contribution in [1.29, 1.82) is 0 Å². The van der Waals surface area contributed by atoms with Crippen LogP contribution in [0.25, 0.3) is 0 Å². The Bertz CT molecular complexity index is 666. The highest BCUT2D eigenvalue weighted by Crippen LogP contribution is 2.51. The summed E-state index contributed by atoms with van der Waals surface area (Å²) in [6, 6.07) is 3.91. The first kappa shape index (κ1) is 15.7. The van der Waals surface area contributed by atoms with E-state index < -0.39 is 20.6 Å². The highest BCUT2D eigenvalue weighted by molar-refractivity contribution is 7.89. The Balaban J connectivity index is 2.29. The van der Waals surface area contributed by atoms with Crippen LogP contribution in [0.2, 0.25) is 0 Å². The first-order chi connectivity index (χ1) is 9.69. The van der Waals surface area contributed by atoms with Gasteiger partial charge in [0.25, 0.3) is 0 Å². The minimum atomic E-state index is -3.96. The normalized spacial score (nSPS) is 16.9. The van der Waals surface area contributed by atoms with Gasteiger partial charge in [-0.05, 0) is 36.3 Å². The molecule has 1 aromatic rings. The Morgan fingerprint density at radius 1 is 1.43 bits per heavy atom. The van der Waals surface area contributed by atoms with Crippen LogP contribution in [-0.2, 0) is 10.0 Å². The zero-order valence-corrected chi connectivity index (χ0v) is 12.8. The average molecular weight is 313 g/mol. The summed E-state index contributed by atoms with van der Waals surface area (Å²) in [5, 5.41) is 11.0. The van der Waals surface area contributed by atoms with Crippen molar-refractivity contribution in [2.75, 3.05) is 12.3 Å². The number of rotatable bonds is 6. The first-order valence-electron chi connectivity index (χ1n) is 6.72. The second-order valence-electron chi connectivity index (χ2n) is 5.79. The molecule has 0 spiro atoms. The van der Waals surface area contributed by atoms with Crippen LogP contribution >= 0.6 is 0 Å². The third kappa shape index (κ3) is 3.01. The van der Waals surface area contributed by atoms with Gasteiger partial charge in [-0.3, -0.25) is 10.1 Å². The van der Waals surface area contributed by atoms with Gasteiger partial charge < -0.3 is 5.73 Å². The van der Waals surface area contributed by atoms with E-state index in [0.29, 0.717) is 12.5 Å². The number of nitrogens with zero attached hydrogens (tertiary/aromatic N) is 1. The van der Waals surface area contributed by atoms with Gasteiger partial charge >= 0.3 is 5.69 Å². The van der Waals surface area contributed by atoms with E-state index in [1.54, 1.807) is 0 Å². The van der Waals surface area contributed by atoms with Crippen molar-refractivity contribution in [3.8, 4) is 0 Å².